The lowest BCUT2D eigenvalue weighted by Gasteiger charge is -2.30. The number of amides is 1. The Kier molecular flexibility index (Phi) is 7.19. The summed E-state index contributed by atoms with van der Waals surface area (Å²) in [7, 11) is 1.62. The van der Waals surface area contributed by atoms with Crippen LogP contribution in [0.1, 0.15) is 42.7 Å². The molecular weight excluding hydrogens is 473 g/mol. The number of H-pyrrole nitrogens is 1. The summed E-state index contributed by atoms with van der Waals surface area (Å²) in [4.78, 5) is 17.6. The largest absolute Gasteiger partial charge is 0.488 e. The summed E-state index contributed by atoms with van der Waals surface area (Å²) in [5.41, 5.74) is 4.10. The molecule has 2 aliphatic rings. The van der Waals surface area contributed by atoms with E-state index >= 15 is 0 Å². The van der Waals surface area contributed by atoms with Crippen molar-refractivity contribution in [3.8, 4) is 28.5 Å². The predicted octanol–water partition coefficient (Wildman–Crippen LogP) is 5.60. The van der Waals surface area contributed by atoms with Gasteiger partial charge in [-0.15, -0.1) is 0 Å². The standard InChI is InChI=1S/C29H32FN3O4/c1-18-5-7-26(31-18)27-9-8-25(32-27)21-13-22(36-19(2)17-35-3)16-23(14-21)37-28-10-6-20(15-24(28)30)29(34)33-11-4-12-33/h6-10,13-16,18-19,31-32H,4-5,11-12,17H2,1-3H3/t18-,19-/m0/s1. The molecule has 0 radical (unpaired) electrons. The normalized spacial score (nSPS) is 17.6. The van der Waals surface area contributed by atoms with E-state index in [0.29, 0.717) is 42.8 Å². The Bertz CT molecular complexity index is 1310. The predicted molar refractivity (Wildman–Crippen MR) is 140 cm³/mol. The maximum absolute atomic E-state index is 15.0. The van der Waals surface area contributed by atoms with Gasteiger partial charge in [0.1, 0.15) is 17.6 Å². The van der Waals surface area contributed by atoms with Crippen molar-refractivity contribution in [3.05, 3.63) is 71.7 Å². The number of carbonyl (C=O) groups is 1. The van der Waals surface area contributed by atoms with Crippen LogP contribution in [0.2, 0.25) is 0 Å². The first-order valence-electron chi connectivity index (χ1n) is 12.6. The Morgan fingerprint density at radius 2 is 1.89 bits per heavy atom. The van der Waals surface area contributed by atoms with E-state index in [2.05, 4.69) is 23.3 Å². The molecule has 1 saturated heterocycles. The molecule has 0 unspecified atom stereocenters. The fourth-order valence-corrected chi connectivity index (χ4v) is 4.49. The molecule has 3 aromatic rings. The van der Waals surface area contributed by atoms with Crippen molar-refractivity contribution >= 4 is 11.6 Å². The maximum Gasteiger partial charge on any atom is 0.253 e. The molecule has 1 fully saturated rings. The molecule has 0 saturated carbocycles. The Labute approximate surface area is 216 Å². The van der Waals surface area contributed by atoms with E-state index in [1.54, 1.807) is 24.1 Å². The smallest absolute Gasteiger partial charge is 0.253 e. The van der Waals surface area contributed by atoms with Gasteiger partial charge in [0.2, 0.25) is 0 Å². The molecule has 2 atom stereocenters. The number of benzene rings is 2. The summed E-state index contributed by atoms with van der Waals surface area (Å²) in [5.74, 6) is 0.272. The number of hydrogen-bond acceptors (Lipinski definition) is 5. The second-order valence-corrected chi connectivity index (χ2v) is 9.65. The van der Waals surface area contributed by atoms with Crippen molar-refractivity contribution in [2.75, 3.05) is 26.8 Å². The average Bonchev–Trinajstić information content (AvgIpc) is 3.48. The van der Waals surface area contributed by atoms with E-state index < -0.39 is 5.82 Å². The third kappa shape index (κ3) is 5.64. The third-order valence-electron chi connectivity index (χ3n) is 6.53. The highest BCUT2D eigenvalue weighted by Gasteiger charge is 2.23. The minimum absolute atomic E-state index is 0.0367. The number of carbonyl (C=O) groups excluding carboxylic acids is 1. The molecule has 1 amide bonds. The zero-order valence-corrected chi connectivity index (χ0v) is 21.3. The molecule has 37 heavy (non-hydrogen) atoms. The Morgan fingerprint density at radius 1 is 1.11 bits per heavy atom. The number of aromatic amines is 1. The van der Waals surface area contributed by atoms with Gasteiger partial charge >= 0.3 is 0 Å². The number of hydrogen-bond donors (Lipinski definition) is 2. The first-order chi connectivity index (χ1) is 17.9. The van der Waals surface area contributed by atoms with E-state index in [-0.39, 0.29) is 17.8 Å². The molecule has 3 heterocycles. The molecule has 0 aliphatic carbocycles. The van der Waals surface area contributed by atoms with Crippen molar-refractivity contribution in [3.63, 3.8) is 0 Å². The number of aromatic nitrogens is 1. The monoisotopic (exact) mass is 505 g/mol. The molecule has 1 aromatic heterocycles. The number of nitrogens with zero attached hydrogens (tertiary/aromatic N) is 1. The summed E-state index contributed by atoms with van der Waals surface area (Å²) in [6, 6.07) is 14.2. The second-order valence-electron chi connectivity index (χ2n) is 9.65. The van der Waals surface area contributed by atoms with Crippen molar-refractivity contribution in [2.45, 2.75) is 38.8 Å². The van der Waals surface area contributed by atoms with E-state index in [1.165, 1.54) is 12.1 Å². The summed E-state index contributed by atoms with van der Waals surface area (Å²) in [6.07, 6.45) is 3.95. The zero-order chi connectivity index (χ0) is 25.9. The lowest BCUT2D eigenvalue weighted by Crippen LogP contribution is -2.42. The quantitative estimate of drug-likeness (QED) is 0.396. The molecule has 2 aromatic carbocycles. The van der Waals surface area contributed by atoms with Crippen LogP contribution in [-0.4, -0.2) is 54.7 Å². The fourth-order valence-electron chi connectivity index (χ4n) is 4.49. The van der Waals surface area contributed by atoms with Gasteiger partial charge < -0.3 is 29.4 Å². The van der Waals surface area contributed by atoms with E-state index in [4.69, 9.17) is 14.2 Å². The second kappa shape index (κ2) is 10.7. The van der Waals surface area contributed by atoms with Crippen LogP contribution in [0.4, 0.5) is 4.39 Å². The van der Waals surface area contributed by atoms with Crippen LogP contribution in [0.3, 0.4) is 0 Å². The van der Waals surface area contributed by atoms with Crippen LogP contribution in [0.15, 0.2) is 54.6 Å². The molecule has 2 N–H and O–H groups in total. The van der Waals surface area contributed by atoms with Crippen molar-refractivity contribution < 1.29 is 23.4 Å². The van der Waals surface area contributed by atoms with Crippen LogP contribution in [0.5, 0.6) is 17.2 Å². The van der Waals surface area contributed by atoms with Gasteiger partial charge in [0.15, 0.2) is 11.6 Å². The summed E-state index contributed by atoms with van der Waals surface area (Å²) >= 11 is 0. The number of rotatable bonds is 9. The molecule has 0 bridgehead atoms. The number of nitrogens with one attached hydrogen (secondary N) is 2. The molecule has 7 nitrogen and oxygen atoms in total. The summed E-state index contributed by atoms with van der Waals surface area (Å²) < 4.78 is 32.2. The highest BCUT2D eigenvalue weighted by atomic mass is 19.1. The molecular formula is C29H32FN3O4. The molecule has 2 aliphatic heterocycles. The minimum Gasteiger partial charge on any atom is -0.488 e. The van der Waals surface area contributed by atoms with Crippen LogP contribution < -0.4 is 14.8 Å². The van der Waals surface area contributed by atoms with Gasteiger partial charge in [-0.05, 0) is 69.2 Å². The Hall–Kier alpha value is -3.78. The first kappa shape index (κ1) is 24.9. The SMILES string of the molecule is COC[C@H](C)Oc1cc(Oc2ccc(C(=O)N3CCC3)cc2F)cc(-c2ccc(C3=CC[C@H](C)N3)[nH]2)c1. The van der Waals surface area contributed by atoms with Gasteiger partial charge in [0.05, 0.1) is 18.0 Å². The summed E-state index contributed by atoms with van der Waals surface area (Å²) in [5, 5.41) is 3.46. The van der Waals surface area contributed by atoms with Gasteiger partial charge in [-0.25, -0.2) is 4.39 Å². The molecule has 0 spiro atoms. The highest BCUT2D eigenvalue weighted by Crippen LogP contribution is 2.34. The molecule has 5 rings (SSSR count). The van der Waals surface area contributed by atoms with Gasteiger partial charge in [0, 0.05) is 49.1 Å². The Morgan fingerprint density at radius 3 is 2.57 bits per heavy atom. The molecule has 8 heteroatoms. The van der Waals surface area contributed by atoms with E-state index in [1.807, 2.05) is 31.2 Å². The maximum atomic E-state index is 15.0. The van der Waals surface area contributed by atoms with Crippen molar-refractivity contribution in [2.24, 2.45) is 0 Å². The minimum atomic E-state index is -0.595. The molecule has 194 valence electrons. The van der Waals surface area contributed by atoms with E-state index in [9.17, 15) is 9.18 Å². The highest BCUT2D eigenvalue weighted by molar-refractivity contribution is 5.94. The lowest BCUT2D eigenvalue weighted by molar-refractivity contribution is 0.0651. The van der Waals surface area contributed by atoms with Crippen molar-refractivity contribution in [1.82, 2.24) is 15.2 Å². The number of ether oxygens (including phenoxy) is 3. The third-order valence-corrected chi connectivity index (χ3v) is 6.53. The van der Waals surface area contributed by atoms with Crippen LogP contribution in [0, 0.1) is 5.82 Å². The van der Waals surface area contributed by atoms with Gasteiger partial charge in [-0.3, -0.25) is 4.79 Å². The summed E-state index contributed by atoms with van der Waals surface area (Å²) in [6.45, 7) is 5.90. The van der Waals surface area contributed by atoms with Gasteiger partial charge in [-0.1, -0.05) is 6.08 Å². The number of methoxy groups -OCH3 is 1. The van der Waals surface area contributed by atoms with Crippen LogP contribution in [-0.2, 0) is 4.74 Å². The van der Waals surface area contributed by atoms with E-state index in [0.717, 1.165) is 35.5 Å². The van der Waals surface area contributed by atoms with Gasteiger partial charge in [0.25, 0.3) is 5.91 Å². The Balaban J connectivity index is 1.42. The lowest BCUT2D eigenvalue weighted by atomic mass is 10.1. The topological polar surface area (TPSA) is 75.8 Å². The van der Waals surface area contributed by atoms with Crippen molar-refractivity contribution in [1.29, 1.82) is 0 Å². The van der Waals surface area contributed by atoms with Crippen LogP contribution >= 0.6 is 0 Å². The first-order valence-corrected chi connectivity index (χ1v) is 12.6. The number of likely N-dealkylation sites (tertiary alicyclic amines) is 1. The van der Waals surface area contributed by atoms with Gasteiger partial charge in [-0.2, -0.15) is 0 Å². The average molecular weight is 506 g/mol. The zero-order valence-electron chi connectivity index (χ0n) is 21.3. The fraction of sp³-hybridized carbons (Fsp3) is 0.345. The number of halogens is 1. The van der Waals surface area contributed by atoms with Crippen LogP contribution in [0.25, 0.3) is 17.0 Å².